The van der Waals surface area contributed by atoms with Crippen LogP contribution in [0.15, 0.2) is 0 Å². The van der Waals surface area contributed by atoms with Crippen molar-refractivity contribution in [3.63, 3.8) is 0 Å². The lowest BCUT2D eigenvalue weighted by Gasteiger charge is -2.24. The quantitative estimate of drug-likeness (QED) is 0.0965. The number of carboxylic acid groups (broad SMARTS) is 1. The molecule has 9 N–H and O–H groups in total. The molecule has 12 heteroatoms. The Morgan fingerprint density at radius 2 is 1.13 bits per heavy atom. The van der Waals surface area contributed by atoms with Crippen molar-refractivity contribution in [2.45, 2.75) is 122 Å². The molecule has 0 spiro atoms. The second-order valence-corrected chi connectivity index (χ2v) is 9.71. The fourth-order valence-corrected chi connectivity index (χ4v) is 3.73. The number of carbonyl (C=O) groups is 5. The van der Waals surface area contributed by atoms with Gasteiger partial charge in [0.05, 0.1) is 0 Å². The van der Waals surface area contributed by atoms with Crippen molar-refractivity contribution in [1.82, 2.24) is 21.3 Å². The maximum atomic E-state index is 13.0. The Balaban J connectivity index is 5.12. The molecular weight excluding hydrogens is 492 g/mol. The number of carboxylic acids is 1. The highest BCUT2D eigenvalue weighted by atomic mass is 16.4. The molecule has 4 atom stereocenters. The lowest BCUT2D eigenvalue weighted by Crippen LogP contribution is -2.56. The zero-order chi connectivity index (χ0) is 28.9. The average molecular weight is 543 g/mol. The molecule has 0 aromatic carbocycles. The van der Waals surface area contributed by atoms with Crippen molar-refractivity contribution in [3.8, 4) is 0 Å². The number of aliphatic carboxylic acids is 1. The predicted octanol–water partition coefficient (Wildman–Crippen LogP) is 0.669. The summed E-state index contributed by atoms with van der Waals surface area (Å²) >= 11 is 0. The van der Waals surface area contributed by atoms with Gasteiger partial charge in [0.15, 0.2) is 0 Å². The minimum Gasteiger partial charge on any atom is -0.480 e. The van der Waals surface area contributed by atoms with Crippen molar-refractivity contribution in [2.75, 3.05) is 13.1 Å². The number of hydrogen-bond donors (Lipinski definition) is 7. The Morgan fingerprint density at radius 3 is 1.63 bits per heavy atom. The van der Waals surface area contributed by atoms with Gasteiger partial charge in [0.25, 0.3) is 0 Å². The van der Waals surface area contributed by atoms with Crippen LogP contribution in [0.1, 0.15) is 97.8 Å². The fraction of sp³-hybridized carbons (Fsp3) is 0.808. The third kappa shape index (κ3) is 16.2. The molecule has 0 rings (SSSR count). The average Bonchev–Trinajstić information content (AvgIpc) is 2.87. The number of nitrogens with one attached hydrogen (secondary N) is 4. The van der Waals surface area contributed by atoms with Crippen molar-refractivity contribution < 1.29 is 29.1 Å². The van der Waals surface area contributed by atoms with Crippen molar-refractivity contribution >= 4 is 29.6 Å². The summed E-state index contributed by atoms with van der Waals surface area (Å²) < 4.78 is 0. The molecule has 4 amide bonds. The molecule has 0 fully saturated rings. The van der Waals surface area contributed by atoms with Crippen LogP contribution >= 0.6 is 0 Å². The van der Waals surface area contributed by atoms with E-state index < -0.39 is 47.9 Å². The van der Waals surface area contributed by atoms with Crippen molar-refractivity contribution in [3.05, 3.63) is 0 Å². The standard InChI is InChI=1S/C26H50N6O6/c1-4-5-6-7-8-15-22(33)31-20(13-9-11-16-27)24(35)29-18(2)23(34)32-21(14-10-12-17-28)25(36)30-19(3)26(37)38/h18-21H,4-17,27-28H2,1-3H3,(H,29,35)(H,30,36)(H,31,33)(H,32,34)(H,37,38)/t18-,19-,20-,21-/m0/s1. The van der Waals surface area contributed by atoms with E-state index in [-0.39, 0.29) is 12.3 Å². The maximum absolute atomic E-state index is 13.0. The molecule has 220 valence electrons. The van der Waals surface area contributed by atoms with Gasteiger partial charge in [0.1, 0.15) is 24.2 Å². The van der Waals surface area contributed by atoms with Gasteiger partial charge >= 0.3 is 5.97 Å². The number of rotatable bonds is 22. The highest BCUT2D eigenvalue weighted by molar-refractivity contribution is 5.94. The molecule has 0 bridgehead atoms. The molecule has 38 heavy (non-hydrogen) atoms. The van der Waals surface area contributed by atoms with E-state index in [1.54, 1.807) is 0 Å². The van der Waals surface area contributed by atoms with Gasteiger partial charge in [-0.1, -0.05) is 32.6 Å². The summed E-state index contributed by atoms with van der Waals surface area (Å²) in [5.74, 6) is -3.13. The summed E-state index contributed by atoms with van der Waals surface area (Å²) in [6.07, 6.45) is 8.48. The first-order chi connectivity index (χ1) is 18.1. The molecule has 0 aliphatic rings. The van der Waals surface area contributed by atoms with Gasteiger partial charge in [-0.25, -0.2) is 0 Å². The number of amides is 4. The predicted molar refractivity (Wildman–Crippen MR) is 146 cm³/mol. The first-order valence-corrected chi connectivity index (χ1v) is 13.9. The number of carbonyl (C=O) groups excluding carboxylic acids is 4. The molecule has 0 heterocycles. The third-order valence-corrected chi connectivity index (χ3v) is 6.17. The Hall–Kier alpha value is -2.73. The van der Waals surface area contributed by atoms with E-state index in [9.17, 15) is 24.0 Å². The van der Waals surface area contributed by atoms with E-state index in [0.717, 1.165) is 32.1 Å². The largest absolute Gasteiger partial charge is 0.480 e. The maximum Gasteiger partial charge on any atom is 0.325 e. The van der Waals surface area contributed by atoms with Crippen LogP contribution in [0, 0.1) is 0 Å². The summed E-state index contributed by atoms with van der Waals surface area (Å²) in [6, 6.07) is -3.91. The normalized spacial score (nSPS) is 14.0. The van der Waals surface area contributed by atoms with Gasteiger partial charge in [0.2, 0.25) is 23.6 Å². The second-order valence-electron chi connectivity index (χ2n) is 9.71. The molecule has 0 saturated heterocycles. The summed E-state index contributed by atoms with van der Waals surface area (Å²) in [5.41, 5.74) is 11.1. The van der Waals surface area contributed by atoms with E-state index in [4.69, 9.17) is 16.6 Å². The van der Waals surface area contributed by atoms with E-state index in [2.05, 4.69) is 28.2 Å². The molecule has 0 aromatic heterocycles. The number of hydrogen-bond acceptors (Lipinski definition) is 7. The molecule has 0 saturated carbocycles. The van der Waals surface area contributed by atoms with E-state index in [1.165, 1.54) is 13.8 Å². The monoisotopic (exact) mass is 542 g/mol. The zero-order valence-corrected chi connectivity index (χ0v) is 23.4. The van der Waals surface area contributed by atoms with Gasteiger partial charge < -0.3 is 37.8 Å². The highest BCUT2D eigenvalue weighted by Crippen LogP contribution is 2.07. The molecule has 0 radical (unpaired) electrons. The summed E-state index contributed by atoms with van der Waals surface area (Å²) in [6.45, 7) is 5.80. The SMILES string of the molecule is CCCCCCCC(=O)N[C@@H](CCCCN)C(=O)N[C@@H](C)C(=O)N[C@@H](CCCCN)C(=O)N[C@@H](C)C(=O)O. The van der Waals surface area contributed by atoms with Crippen LogP contribution in [0.3, 0.4) is 0 Å². The molecule has 0 aliphatic heterocycles. The Kier molecular flexibility index (Phi) is 19.7. The minimum atomic E-state index is -1.20. The fourth-order valence-electron chi connectivity index (χ4n) is 3.73. The van der Waals surface area contributed by atoms with Gasteiger partial charge in [-0.15, -0.1) is 0 Å². The summed E-state index contributed by atoms with van der Waals surface area (Å²) in [4.78, 5) is 61.9. The van der Waals surface area contributed by atoms with Gasteiger partial charge in [0, 0.05) is 6.42 Å². The highest BCUT2D eigenvalue weighted by Gasteiger charge is 2.28. The van der Waals surface area contributed by atoms with Crippen LogP contribution in [-0.4, -0.2) is 72.0 Å². The first kappa shape index (κ1) is 35.3. The van der Waals surface area contributed by atoms with Gasteiger partial charge in [-0.3, -0.25) is 24.0 Å². The molecule has 0 aliphatic carbocycles. The lowest BCUT2D eigenvalue weighted by atomic mass is 10.1. The Bertz CT molecular complexity index is 735. The van der Waals surface area contributed by atoms with Gasteiger partial charge in [-0.05, 0) is 71.9 Å². The van der Waals surface area contributed by atoms with Crippen LogP contribution in [-0.2, 0) is 24.0 Å². The third-order valence-electron chi connectivity index (χ3n) is 6.17. The second kappa shape index (κ2) is 21.2. The summed E-state index contributed by atoms with van der Waals surface area (Å²) in [7, 11) is 0. The zero-order valence-electron chi connectivity index (χ0n) is 23.4. The van der Waals surface area contributed by atoms with E-state index >= 15 is 0 Å². The molecule has 0 aromatic rings. The van der Waals surface area contributed by atoms with Crippen LogP contribution in [0.2, 0.25) is 0 Å². The number of unbranched alkanes of at least 4 members (excludes halogenated alkanes) is 6. The first-order valence-electron chi connectivity index (χ1n) is 13.9. The summed E-state index contributed by atoms with van der Waals surface area (Å²) in [5, 5.41) is 19.4. The Morgan fingerprint density at radius 1 is 0.632 bits per heavy atom. The molecular formula is C26H50N6O6. The Labute approximate surface area is 226 Å². The van der Waals surface area contributed by atoms with Crippen LogP contribution in [0.4, 0.5) is 0 Å². The van der Waals surface area contributed by atoms with Gasteiger partial charge in [-0.2, -0.15) is 0 Å². The lowest BCUT2D eigenvalue weighted by molar-refractivity contribution is -0.141. The topological polar surface area (TPSA) is 206 Å². The van der Waals surface area contributed by atoms with Crippen molar-refractivity contribution in [1.29, 1.82) is 0 Å². The van der Waals surface area contributed by atoms with Crippen molar-refractivity contribution in [2.24, 2.45) is 11.5 Å². The minimum absolute atomic E-state index is 0.212. The van der Waals surface area contributed by atoms with Crippen LogP contribution in [0.25, 0.3) is 0 Å². The van der Waals surface area contributed by atoms with Crippen LogP contribution < -0.4 is 32.7 Å². The van der Waals surface area contributed by atoms with E-state index in [1.807, 2.05) is 0 Å². The van der Waals surface area contributed by atoms with E-state index in [0.29, 0.717) is 51.6 Å². The molecule has 0 unspecified atom stereocenters. The number of nitrogens with two attached hydrogens (primary N) is 2. The van der Waals surface area contributed by atoms with Crippen LogP contribution in [0.5, 0.6) is 0 Å². The molecule has 12 nitrogen and oxygen atoms in total. The smallest absolute Gasteiger partial charge is 0.325 e.